The molecule has 0 bridgehead atoms. The summed E-state index contributed by atoms with van der Waals surface area (Å²) in [6.07, 6.45) is 9.26. The van der Waals surface area contributed by atoms with Crippen LogP contribution in [-0.4, -0.2) is 48.3 Å². The lowest BCUT2D eigenvalue weighted by molar-refractivity contribution is -0.0673. The molecule has 2 saturated carbocycles. The van der Waals surface area contributed by atoms with Gasteiger partial charge in [0.05, 0.1) is 11.7 Å². The Kier molecular flexibility index (Phi) is 4.27. The maximum atomic E-state index is 9.73. The molecule has 1 saturated heterocycles. The number of rotatable bonds is 4. The number of nitrogens with one attached hydrogen (secondary N) is 1. The smallest absolute Gasteiger partial charge is 0.108 e. The molecule has 0 amide bonds. The molecular weight excluding hydrogens is 262 g/mol. The highest BCUT2D eigenvalue weighted by molar-refractivity contribution is 5.13. The minimum atomic E-state index is -0.273. The zero-order valence-electron chi connectivity index (χ0n) is 13.5. The fourth-order valence-electron chi connectivity index (χ4n) is 4.16. The normalized spacial score (nSPS) is 41.7. The van der Waals surface area contributed by atoms with Crippen LogP contribution in [0.5, 0.6) is 0 Å². The van der Waals surface area contributed by atoms with Crippen molar-refractivity contribution in [3.8, 4) is 6.07 Å². The van der Waals surface area contributed by atoms with Gasteiger partial charge in [0.25, 0.3) is 0 Å². The lowest BCUT2D eigenvalue weighted by Gasteiger charge is -2.47. The Bertz CT molecular complexity index is 417. The van der Waals surface area contributed by atoms with Crippen molar-refractivity contribution >= 4 is 0 Å². The molecule has 3 fully saturated rings. The van der Waals surface area contributed by atoms with Crippen LogP contribution in [0.25, 0.3) is 0 Å². The molecule has 2 aliphatic carbocycles. The molecule has 0 aromatic carbocycles. The summed E-state index contributed by atoms with van der Waals surface area (Å²) in [5, 5.41) is 13.4. The van der Waals surface area contributed by atoms with Crippen molar-refractivity contribution in [1.82, 2.24) is 10.2 Å². The predicted molar refractivity (Wildman–Crippen MR) is 83.0 cm³/mol. The van der Waals surface area contributed by atoms with E-state index in [4.69, 9.17) is 4.74 Å². The zero-order chi connectivity index (χ0) is 14.9. The zero-order valence-corrected chi connectivity index (χ0v) is 13.5. The van der Waals surface area contributed by atoms with Crippen LogP contribution in [0.2, 0.25) is 0 Å². The molecule has 3 unspecified atom stereocenters. The van der Waals surface area contributed by atoms with Crippen molar-refractivity contribution in [2.75, 3.05) is 20.2 Å². The van der Waals surface area contributed by atoms with Crippen LogP contribution < -0.4 is 5.32 Å². The van der Waals surface area contributed by atoms with Gasteiger partial charge in [-0.2, -0.15) is 5.26 Å². The molecule has 4 nitrogen and oxygen atoms in total. The lowest BCUT2D eigenvalue weighted by Crippen LogP contribution is -2.57. The summed E-state index contributed by atoms with van der Waals surface area (Å²) >= 11 is 0. The van der Waals surface area contributed by atoms with Crippen LogP contribution in [0.15, 0.2) is 0 Å². The Morgan fingerprint density at radius 2 is 2.05 bits per heavy atom. The summed E-state index contributed by atoms with van der Waals surface area (Å²) in [6.45, 7) is 4.40. The van der Waals surface area contributed by atoms with Gasteiger partial charge in [-0.15, -0.1) is 0 Å². The summed E-state index contributed by atoms with van der Waals surface area (Å²) in [5.74, 6) is 0. The van der Waals surface area contributed by atoms with Gasteiger partial charge in [-0.1, -0.05) is 0 Å². The van der Waals surface area contributed by atoms with Gasteiger partial charge in [-0.25, -0.2) is 0 Å². The van der Waals surface area contributed by atoms with E-state index in [0.717, 1.165) is 38.8 Å². The number of ether oxygens (including phenoxy) is 1. The van der Waals surface area contributed by atoms with Crippen molar-refractivity contribution in [2.45, 2.75) is 81.5 Å². The van der Waals surface area contributed by atoms with E-state index in [0.29, 0.717) is 12.1 Å². The number of methoxy groups -OCH3 is 1. The largest absolute Gasteiger partial charge is 0.377 e. The highest BCUT2D eigenvalue weighted by atomic mass is 16.5. The number of nitrogens with zero attached hydrogens (tertiary/aromatic N) is 2. The Morgan fingerprint density at radius 3 is 2.71 bits per heavy atom. The third-order valence-electron chi connectivity index (χ3n) is 5.69. The van der Waals surface area contributed by atoms with Gasteiger partial charge in [0, 0.05) is 25.7 Å². The molecule has 0 radical (unpaired) electrons. The predicted octanol–water partition coefficient (Wildman–Crippen LogP) is 2.44. The van der Waals surface area contributed by atoms with Crippen LogP contribution in [0, 0.1) is 11.3 Å². The summed E-state index contributed by atoms with van der Waals surface area (Å²) in [5.41, 5.74) is -0.278. The van der Waals surface area contributed by atoms with E-state index in [2.05, 4.69) is 23.2 Å². The molecule has 3 aliphatic rings. The first-order chi connectivity index (χ1) is 10.1. The fourth-order valence-corrected chi connectivity index (χ4v) is 4.16. The molecular formula is C17H29N3O. The summed E-state index contributed by atoms with van der Waals surface area (Å²) in [4.78, 5) is 2.59. The molecule has 21 heavy (non-hydrogen) atoms. The summed E-state index contributed by atoms with van der Waals surface area (Å²) in [6, 6.07) is 3.77. The average Bonchev–Trinajstić information content (AvgIpc) is 3.31. The van der Waals surface area contributed by atoms with Crippen LogP contribution in [0.1, 0.15) is 58.3 Å². The summed E-state index contributed by atoms with van der Waals surface area (Å²) < 4.78 is 5.73. The standard InChI is InChI=1S/C17H29N3O/c1-16(21-2)8-4-10-20(13-16)15-5-3-9-17(11-15,12-18)19-14-6-7-14/h14-15,19H,3-11,13H2,1-2H3. The number of hydrogen-bond donors (Lipinski definition) is 1. The van der Waals surface area contributed by atoms with E-state index >= 15 is 0 Å². The minimum absolute atomic E-state index is 0.00504. The highest BCUT2D eigenvalue weighted by Gasteiger charge is 2.43. The SMILES string of the molecule is COC1(C)CCCN(C2CCCC(C#N)(NC3CC3)C2)C1. The second-order valence-corrected chi connectivity index (χ2v) is 7.59. The van der Waals surface area contributed by atoms with Crippen LogP contribution in [0.3, 0.4) is 0 Å². The number of piperidine rings is 1. The van der Waals surface area contributed by atoms with Gasteiger partial charge in [0.15, 0.2) is 0 Å². The second kappa shape index (κ2) is 5.87. The third kappa shape index (κ3) is 3.41. The molecule has 3 rings (SSSR count). The second-order valence-electron chi connectivity index (χ2n) is 7.59. The molecule has 0 spiro atoms. The van der Waals surface area contributed by atoms with Gasteiger partial charge in [-0.3, -0.25) is 10.2 Å². The first-order valence-corrected chi connectivity index (χ1v) is 8.56. The van der Waals surface area contributed by atoms with Gasteiger partial charge in [0.2, 0.25) is 0 Å². The highest BCUT2D eigenvalue weighted by Crippen LogP contribution is 2.36. The quantitative estimate of drug-likeness (QED) is 0.864. The number of hydrogen-bond acceptors (Lipinski definition) is 4. The molecule has 3 atom stereocenters. The molecule has 1 aliphatic heterocycles. The van der Waals surface area contributed by atoms with Crippen molar-refractivity contribution < 1.29 is 4.74 Å². The van der Waals surface area contributed by atoms with Gasteiger partial charge in [-0.05, 0) is 64.8 Å². The number of likely N-dealkylation sites (tertiary alicyclic amines) is 1. The molecule has 118 valence electrons. The lowest BCUT2D eigenvalue weighted by atomic mass is 9.78. The Balaban J connectivity index is 1.66. The van der Waals surface area contributed by atoms with Gasteiger partial charge >= 0.3 is 0 Å². The van der Waals surface area contributed by atoms with Crippen LogP contribution in [0.4, 0.5) is 0 Å². The third-order valence-corrected chi connectivity index (χ3v) is 5.69. The van der Waals surface area contributed by atoms with Crippen molar-refractivity contribution in [3.63, 3.8) is 0 Å². The first kappa shape index (κ1) is 15.3. The molecule has 0 aromatic heterocycles. The maximum Gasteiger partial charge on any atom is 0.108 e. The minimum Gasteiger partial charge on any atom is -0.377 e. The van der Waals surface area contributed by atoms with E-state index in [1.54, 1.807) is 0 Å². The Morgan fingerprint density at radius 1 is 1.24 bits per heavy atom. The van der Waals surface area contributed by atoms with E-state index in [1.807, 2.05) is 7.11 Å². The van der Waals surface area contributed by atoms with E-state index in [1.165, 1.54) is 25.7 Å². The van der Waals surface area contributed by atoms with Gasteiger partial charge < -0.3 is 4.74 Å². The average molecular weight is 291 g/mol. The Hall–Kier alpha value is -0.630. The molecule has 1 heterocycles. The van der Waals surface area contributed by atoms with E-state index < -0.39 is 0 Å². The van der Waals surface area contributed by atoms with E-state index in [-0.39, 0.29) is 11.1 Å². The number of nitriles is 1. The van der Waals surface area contributed by atoms with Crippen molar-refractivity contribution in [1.29, 1.82) is 5.26 Å². The molecule has 4 heteroatoms. The first-order valence-electron chi connectivity index (χ1n) is 8.56. The van der Waals surface area contributed by atoms with Crippen LogP contribution in [-0.2, 0) is 4.74 Å². The van der Waals surface area contributed by atoms with Crippen molar-refractivity contribution in [3.05, 3.63) is 0 Å². The fraction of sp³-hybridized carbons (Fsp3) is 0.941. The van der Waals surface area contributed by atoms with Gasteiger partial charge in [0.1, 0.15) is 5.54 Å². The monoisotopic (exact) mass is 291 g/mol. The molecule has 0 aromatic rings. The Labute approximate surface area is 128 Å². The van der Waals surface area contributed by atoms with E-state index in [9.17, 15) is 5.26 Å². The van der Waals surface area contributed by atoms with Crippen LogP contribution >= 0.6 is 0 Å². The topological polar surface area (TPSA) is 48.3 Å². The van der Waals surface area contributed by atoms with Crippen molar-refractivity contribution in [2.24, 2.45) is 0 Å². The maximum absolute atomic E-state index is 9.73. The summed E-state index contributed by atoms with van der Waals surface area (Å²) in [7, 11) is 1.83. The molecule has 1 N–H and O–H groups in total.